The molecule has 6 nitrogen and oxygen atoms in total. The van der Waals surface area contributed by atoms with E-state index in [9.17, 15) is 14.4 Å². The minimum Gasteiger partial charge on any atom is -0.462 e. The molecule has 0 bridgehead atoms. The molecule has 0 amide bonds. The summed E-state index contributed by atoms with van der Waals surface area (Å²) in [6.45, 7) is 6.62. The summed E-state index contributed by atoms with van der Waals surface area (Å²) < 4.78 is 16.7. The minimum atomic E-state index is -0.759. The van der Waals surface area contributed by atoms with E-state index in [4.69, 9.17) is 14.2 Å². The van der Waals surface area contributed by atoms with E-state index in [1.165, 1.54) is 250 Å². The number of unbranched alkanes of at least 4 members (excludes halogenated alkanes) is 46. The molecule has 0 spiro atoms. The van der Waals surface area contributed by atoms with E-state index >= 15 is 0 Å². The highest BCUT2D eigenvalue weighted by molar-refractivity contribution is 5.71. The first-order chi connectivity index (χ1) is 33.0. The maximum absolute atomic E-state index is 12.8. The van der Waals surface area contributed by atoms with Crippen molar-refractivity contribution in [1.29, 1.82) is 0 Å². The van der Waals surface area contributed by atoms with Gasteiger partial charge in [0.15, 0.2) is 6.10 Å². The van der Waals surface area contributed by atoms with Crippen LogP contribution in [-0.4, -0.2) is 37.2 Å². The number of carbonyl (C=O) groups excluding carboxylic acids is 3. The summed E-state index contributed by atoms with van der Waals surface area (Å²) in [5, 5.41) is 0. The van der Waals surface area contributed by atoms with Crippen molar-refractivity contribution >= 4 is 17.9 Å². The average molecular weight is 948 g/mol. The lowest BCUT2D eigenvalue weighted by molar-refractivity contribution is -0.167. The van der Waals surface area contributed by atoms with Crippen molar-refractivity contribution in [3.05, 3.63) is 0 Å². The SMILES string of the molecule is CCCCCCCCCCCCCCCCCCCCCCCCCCCCCCCC(=O)OCC(COC(=O)CCCCCCC)OC(=O)CCCCCCCCCCCCCCCCC. The Morgan fingerprint density at radius 3 is 0.597 bits per heavy atom. The molecule has 0 aliphatic rings. The molecule has 0 aromatic heterocycles. The molecule has 0 heterocycles. The predicted molar refractivity (Wildman–Crippen MR) is 289 cm³/mol. The topological polar surface area (TPSA) is 78.9 Å². The van der Waals surface area contributed by atoms with Gasteiger partial charge in [-0.15, -0.1) is 0 Å². The van der Waals surface area contributed by atoms with Crippen molar-refractivity contribution < 1.29 is 28.6 Å². The molecule has 398 valence electrons. The third-order valence-corrected chi connectivity index (χ3v) is 14.1. The van der Waals surface area contributed by atoms with Gasteiger partial charge in [-0.05, 0) is 19.3 Å². The van der Waals surface area contributed by atoms with Crippen molar-refractivity contribution in [2.24, 2.45) is 0 Å². The quantitative estimate of drug-likeness (QED) is 0.0343. The van der Waals surface area contributed by atoms with Crippen LogP contribution in [0.15, 0.2) is 0 Å². The number of esters is 3. The molecular formula is C61H118O6. The van der Waals surface area contributed by atoms with Gasteiger partial charge < -0.3 is 14.2 Å². The zero-order valence-electron chi connectivity index (χ0n) is 45.7. The van der Waals surface area contributed by atoms with Gasteiger partial charge in [-0.3, -0.25) is 14.4 Å². The average Bonchev–Trinajstić information content (AvgIpc) is 3.33. The molecule has 0 aromatic carbocycles. The second-order valence-electron chi connectivity index (χ2n) is 21.0. The fourth-order valence-corrected chi connectivity index (χ4v) is 9.51. The van der Waals surface area contributed by atoms with Crippen LogP contribution in [0.5, 0.6) is 0 Å². The molecule has 0 rings (SSSR count). The van der Waals surface area contributed by atoms with E-state index in [1.54, 1.807) is 0 Å². The molecule has 0 radical (unpaired) electrons. The summed E-state index contributed by atoms with van der Waals surface area (Å²) in [7, 11) is 0. The van der Waals surface area contributed by atoms with E-state index < -0.39 is 6.10 Å². The number of carbonyl (C=O) groups is 3. The van der Waals surface area contributed by atoms with Crippen LogP contribution in [0.3, 0.4) is 0 Å². The lowest BCUT2D eigenvalue weighted by Crippen LogP contribution is -2.30. The van der Waals surface area contributed by atoms with Crippen LogP contribution in [0.2, 0.25) is 0 Å². The molecule has 0 saturated carbocycles. The van der Waals surface area contributed by atoms with E-state index in [1.807, 2.05) is 0 Å². The lowest BCUT2D eigenvalue weighted by atomic mass is 10.0. The van der Waals surface area contributed by atoms with Gasteiger partial charge in [-0.1, -0.05) is 316 Å². The summed E-state index contributed by atoms with van der Waals surface area (Å²) in [4.78, 5) is 37.8. The molecule has 67 heavy (non-hydrogen) atoms. The fraction of sp³-hybridized carbons (Fsp3) is 0.951. The lowest BCUT2D eigenvalue weighted by Gasteiger charge is -2.18. The summed E-state index contributed by atoms with van der Waals surface area (Å²) in [6.07, 6.45) is 64.5. The Balaban J connectivity index is 3.89. The number of hydrogen-bond acceptors (Lipinski definition) is 6. The van der Waals surface area contributed by atoms with Crippen LogP contribution < -0.4 is 0 Å². The Kier molecular flexibility index (Phi) is 55.6. The van der Waals surface area contributed by atoms with E-state index in [0.717, 1.165) is 64.2 Å². The Morgan fingerprint density at radius 2 is 0.403 bits per heavy atom. The van der Waals surface area contributed by atoms with Crippen molar-refractivity contribution in [3.63, 3.8) is 0 Å². The number of hydrogen-bond donors (Lipinski definition) is 0. The maximum Gasteiger partial charge on any atom is 0.306 e. The zero-order valence-corrected chi connectivity index (χ0v) is 45.7. The number of ether oxygens (including phenoxy) is 3. The fourth-order valence-electron chi connectivity index (χ4n) is 9.51. The summed E-state index contributed by atoms with van der Waals surface area (Å²) in [6, 6.07) is 0. The Labute approximate surface area is 418 Å². The molecule has 1 unspecified atom stereocenters. The summed E-state index contributed by atoms with van der Waals surface area (Å²) >= 11 is 0. The van der Waals surface area contributed by atoms with Gasteiger partial charge >= 0.3 is 17.9 Å². The van der Waals surface area contributed by atoms with Crippen LogP contribution in [0.1, 0.15) is 355 Å². The van der Waals surface area contributed by atoms with Gasteiger partial charge in [-0.25, -0.2) is 0 Å². The molecule has 0 saturated heterocycles. The van der Waals surface area contributed by atoms with Gasteiger partial charge in [0.2, 0.25) is 0 Å². The first-order valence-electron chi connectivity index (χ1n) is 30.5. The highest BCUT2D eigenvalue weighted by Gasteiger charge is 2.19. The molecule has 0 aromatic rings. The van der Waals surface area contributed by atoms with E-state index in [2.05, 4.69) is 20.8 Å². The van der Waals surface area contributed by atoms with Crippen LogP contribution in [-0.2, 0) is 28.6 Å². The van der Waals surface area contributed by atoms with Crippen molar-refractivity contribution in [2.75, 3.05) is 13.2 Å². The third kappa shape index (κ3) is 55.2. The van der Waals surface area contributed by atoms with Crippen LogP contribution >= 0.6 is 0 Å². The van der Waals surface area contributed by atoms with Gasteiger partial charge in [0.1, 0.15) is 13.2 Å². The van der Waals surface area contributed by atoms with Crippen molar-refractivity contribution in [1.82, 2.24) is 0 Å². The summed E-state index contributed by atoms with van der Waals surface area (Å²) in [5.41, 5.74) is 0. The minimum absolute atomic E-state index is 0.0627. The molecule has 1 atom stereocenters. The normalized spacial score (nSPS) is 11.9. The zero-order chi connectivity index (χ0) is 48.6. The number of rotatable bonds is 57. The van der Waals surface area contributed by atoms with Crippen LogP contribution in [0, 0.1) is 0 Å². The first kappa shape index (κ1) is 65.4. The first-order valence-corrected chi connectivity index (χ1v) is 30.5. The predicted octanol–water partition coefficient (Wildman–Crippen LogP) is 20.3. The third-order valence-electron chi connectivity index (χ3n) is 14.1. The van der Waals surface area contributed by atoms with Gasteiger partial charge in [0.25, 0.3) is 0 Å². The molecule has 0 N–H and O–H groups in total. The Hall–Kier alpha value is -1.59. The maximum atomic E-state index is 12.8. The van der Waals surface area contributed by atoms with Crippen molar-refractivity contribution in [3.8, 4) is 0 Å². The second-order valence-corrected chi connectivity index (χ2v) is 21.0. The highest BCUT2D eigenvalue weighted by Crippen LogP contribution is 2.18. The van der Waals surface area contributed by atoms with Gasteiger partial charge in [-0.2, -0.15) is 0 Å². The Morgan fingerprint density at radius 1 is 0.239 bits per heavy atom. The van der Waals surface area contributed by atoms with Crippen LogP contribution in [0.25, 0.3) is 0 Å². The standard InChI is InChI=1S/C61H118O6/c1-4-7-10-13-15-17-19-21-23-24-25-26-27-28-29-30-31-32-33-34-35-36-38-39-41-43-45-48-51-54-60(63)66-57-58(56-65-59(62)53-50-47-12-9-6-3)67-61(64)55-52-49-46-44-42-40-37-22-20-18-16-14-11-8-5-2/h58H,4-57H2,1-3H3. The molecule has 6 heteroatoms. The summed E-state index contributed by atoms with van der Waals surface area (Å²) in [5.74, 6) is -0.852. The molecule has 0 aliphatic carbocycles. The highest BCUT2D eigenvalue weighted by atomic mass is 16.6. The second kappa shape index (κ2) is 57.0. The molecule has 0 aliphatic heterocycles. The van der Waals surface area contributed by atoms with Gasteiger partial charge in [0, 0.05) is 19.3 Å². The van der Waals surface area contributed by atoms with E-state index in [-0.39, 0.29) is 31.1 Å². The Bertz CT molecular complexity index is 998. The smallest absolute Gasteiger partial charge is 0.306 e. The largest absolute Gasteiger partial charge is 0.462 e. The van der Waals surface area contributed by atoms with Crippen LogP contribution in [0.4, 0.5) is 0 Å². The monoisotopic (exact) mass is 947 g/mol. The van der Waals surface area contributed by atoms with Crippen molar-refractivity contribution in [2.45, 2.75) is 361 Å². The molecule has 0 fully saturated rings. The van der Waals surface area contributed by atoms with Gasteiger partial charge in [0.05, 0.1) is 0 Å². The van der Waals surface area contributed by atoms with E-state index in [0.29, 0.717) is 19.3 Å². The molecular weight excluding hydrogens is 829 g/mol.